The summed E-state index contributed by atoms with van der Waals surface area (Å²) in [6.45, 7) is 8.20. The molecule has 1 saturated carbocycles. The molecular formula is C13H26N2O2. The molecule has 0 spiro atoms. The fourth-order valence-corrected chi connectivity index (χ4v) is 1.75. The van der Waals surface area contributed by atoms with Gasteiger partial charge in [0, 0.05) is 19.8 Å². The van der Waals surface area contributed by atoms with E-state index in [0.717, 1.165) is 25.9 Å². The van der Waals surface area contributed by atoms with E-state index in [-0.39, 0.29) is 5.91 Å². The first-order valence-electron chi connectivity index (χ1n) is 6.59. The molecule has 0 saturated heterocycles. The summed E-state index contributed by atoms with van der Waals surface area (Å²) in [5, 5.41) is 2.89. The second kappa shape index (κ2) is 6.36. The van der Waals surface area contributed by atoms with Gasteiger partial charge in [-0.2, -0.15) is 0 Å². The lowest BCUT2D eigenvalue weighted by molar-refractivity contribution is -0.126. The third-order valence-corrected chi connectivity index (χ3v) is 3.12. The Hall–Kier alpha value is -0.610. The molecular weight excluding hydrogens is 216 g/mol. The molecule has 1 unspecified atom stereocenters. The van der Waals surface area contributed by atoms with E-state index in [1.54, 1.807) is 0 Å². The fraction of sp³-hybridized carbons (Fsp3) is 0.923. The van der Waals surface area contributed by atoms with Crippen molar-refractivity contribution >= 4 is 5.91 Å². The lowest BCUT2D eigenvalue weighted by atomic mass is 9.96. The van der Waals surface area contributed by atoms with Crippen molar-refractivity contribution in [3.63, 3.8) is 0 Å². The van der Waals surface area contributed by atoms with Gasteiger partial charge in [-0.3, -0.25) is 4.79 Å². The van der Waals surface area contributed by atoms with Crippen molar-refractivity contribution in [2.75, 3.05) is 19.8 Å². The number of amides is 1. The molecule has 0 radical (unpaired) electrons. The van der Waals surface area contributed by atoms with Crippen molar-refractivity contribution < 1.29 is 9.53 Å². The zero-order valence-corrected chi connectivity index (χ0v) is 11.3. The van der Waals surface area contributed by atoms with E-state index in [1.165, 1.54) is 0 Å². The second-order valence-electron chi connectivity index (χ2n) is 5.64. The Labute approximate surface area is 104 Å². The molecule has 100 valence electrons. The quantitative estimate of drug-likeness (QED) is 0.630. The summed E-state index contributed by atoms with van der Waals surface area (Å²) >= 11 is 0. The molecule has 1 rings (SSSR count). The zero-order chi connectivity index (χ0) is 12.9. The maximum absolute atomic E-state index is 11.8. The van der Waals surface area contributed by atoms with Gasteiger partial charge >= 0.3 is 0 Å². The topological polar surface area (TPSA) is 64.3 Å². The molecule has 3 N–H and O–H groups in total. The minimum atomic E-state index is -0.682. The van der Waals surface area contributed by atoms with Gasteiger partial charge in [0.1, 0.15) is 0 Å². The number of hydrogen-bond acceptors (Lipinski definition) is 3. The first-order valence-corrected chi connectivity index (χ1v) is 6.59. The van der Waals surface area contributed by atoms with E-state index < -0.39 is 5.54 Å². The summed E-state index contributed by atoms with van der Waals surface area (Å²) in [5.74, 6) is 0.912. The predicted octanol–water partition coefficient (Wildman–Crippen LogP) is 1.29. The molecule has 0 aliphatic heterocycles. The van der Waals surface area contributed by atoms with Crippen LogP contribution in [0.25, 0.3) is 0 Å². The van der Waals surface area contributed by atoms with E-state index in [0.29, 0.717) is 25.0 Å². The number of ether oxygens (including phenoxy) is 1. The van der Waals surface area contributed by atoms with Crippen LogP contribution in [0.1, 0.15) is 40.0 Å². The van der Waals surface area contributed by atoms with Crippen LogP contribution in [0.5, 0.6) is 0 Å². The molecule has 0 bridgehead atoms. The number of rotatable bonds is 8. The molecule has 4 heteroatoms. The average molecular weight is 242 g/mol. The van der Waals surface area contributed by atoms with Gasteiger partial charge in [0.05, 0.1) is 5.54 Å². The SMILES string of the molecule is CC(C)COCCCNC(=O)C(C)(N)C1CC1. The normalized spacial score (nSPS) is 19.1. The second-order valence-corrected chi connectivity index (χ2v) is 5.64. The van der Waals surface area contributed by atoms with E-state index in [2.05, 4.69) is 19.2 Å². The molecule has 0 aromatic carbocycles. The Balaban J connectivity index is 2.04. The molecule has 1 atom stereocenters. The monoisotopic (exact) mass is 242 g/mol. The smallest absolute Gasteiger partial charge is 0.240 e. The Bertz CT molecular complexity index is 248. The molecule has 1 aliphatic rings. The number of nitrogens with one attached hydrogen (secondary N) is 1. The summed E-state index contributed by atoms with van der Waals surface area (Å²) in [4.78, 5) is 11.8. The van der Waals surface area contributed by atoms with Crippen molar-refractivity contribution in [1.29, 1.82) is 0 Å². The van der Waals surface area contributed by atoms with Gasteiger partial charge < -0.3 is 15.8 Å². The first kappa shape index (κ1) is 14.5. The van der Waals surface area contributed by atoms with Crippen LogP contribution in [0.3, 0.4) is 0 Å². The Morgan fingerprint density at radius 3 is 2.71 bits per heavy atom. The molecule has 0 heterocycles. The van der Waals surface area contributed by atoms with Gasteiger partial charge in [-0.25, -0.2) is 0 Å². The highest BCUT2D eigenvalue weighted by Gasteiger charge is 2.43. The molecule has 1 aliphatic carbocycles. The molecule has 0 aromatic rings. The summed E-state index contributed by atoms with van der Waals surface area (Å²) in [6.07, 6.45) is 3.01. The van der Waals surface area contributed by atoms with Gasteiger partial charge in [-0.05, 0) is 38.0 Å². The molecule has 4 nitrogen and oxygen atoms in total. The summed E-state index contributed by atoms with van der Waals surface area (Å²) in [5.41, 5.74) is 5.32. The van der Waals surface area contributed by atoms with Gasteiger partial charge in [0.2, 0.25) is 5.91 Å². The van der Waals surface area contributed by atoms with E-state index >= 15 is 0 Å². The maximum Gasteiger partial charge on any atom is 0.240 e. The Kier molecular flexibility index (Phi) is 5.40. The fourth-order valence-electron chi connectivity index (χ4n) is 1.75. The van der Waals surface area contributed by atoms with Crippen molar-refractivity contribution in [2.24, 2.45) is 17.6 Å². The maximum atomic E-state index is 11.8. The average Bonchev–Trinajstić information content (AvgIpc) is 3.05. The minimum Gasteiger partial charge on any atom is -0.381 e. The lowest BCUT2D eigenvalue weighted by Gasteiger charge is -2.23. The van der Waals surface area contributed by atoms with Gasteiger partial charge in [0.15, 0.2) is 0 Å². The van der Waals surface area contributed by atoms with Crippen LogP contribution < -0.4 is 11.1 Å². The first-order chi connectivity index (χ1) is 7.94. The number of nitrogens with two attached hydrogens (primary N) is 1. The van der Waals surface area contributed by atoms with Crippen LogP contribution in [0, 0.1) is 11.8 Å². The standard InChI is InChI=1S/C13H26N2O2/c1-10(2)9-17-8-4-7-15-12(16)13(3,14)11-5-6-11/h10-11H,4-9,14H2,1-3H3,(H,15,16). The van der Waals surface area contributed by atoms with Crippen LogP contribution in [0.15, 0.2) is 0 Å². The van der Waals surface area contributed by atoms with Crippen molar-refractivity contribution in [3.05, 3.63) is 0 Å². The zero-order valence-electron chi connectivity index (χ0n) is 11.3. The van der Waals surface area contributed by atoms with Crippen LogP contribution >= 0.6 is 0 Å². The number of carbonyl (C=O) groups is 1. The number of carbonyl (C=O) groups excluding carboxylic acids is 1. The molecule has 17 heavy (non-hydrogen) atoms. The lowest BCUT2D eigenvalue weighted by Crippen LogP contribution is -2.53. The molecule has 1 fully saturated rings. The predicted molar refractivity (Wildman–Crippen MR) is 68.6 cm³/mol. The summed E-state index contributed by atoms with van der Waals surface area (Å²) in [7, 11) is 0. The minimum absolute atomic E-state index is 0.0242. The largest absolute Gasteiger partial charge is 0.381 e. The van der Waals surface area contributed by atoms with E-state index in [1.807, 2.05) is 6.92 Å². The van der Waals surface area contributed by atoms with Crippen molar-refractivity contribution in [3.8, 4) is 0 Å². The third-order valence-electron chi connectivity index (χ3n) is 3.12. The van der Waals surface area contributed by atoms with Gasteiger partial charge in [-0.15, -0.1) is 0 Å². The third kappa shape index (κ3) is 5.04. The highest BCUT2D eigenvalue weighted by Crippen LogP contribution is 2.37. The van der Waals surface area contributed by atoms with Gasteiger partial charge in [-0.1, -0.05) is 13.8 Å². The van der Waals surface area contributed by atoms with Crippen LogP contribution in [-0.4, -0.2) is 31.2 Å². The summed E-state index contributed by atoms with van der Waals surface area (Å²) < 4.78 is 5.44. The van der Waals surface area contributed by atoms with Crippen LogP contribution in [-0.2, 0) is 9.53 Å². The van der Waals surface area contributed by atoms with E-state index in [9.17, 15) is 4.79 Å². The highest BCUT2D eigenvalue weighted by molar-refractivity contribution is 5.86. The van der Waals surface area contributed by atoms with Gasteiger partial charge in [0.25, 0.3) is 0 Å². The summed E-state index contributed by atoms with van der Waals surface area (Å²) in [6, 6.07) is 0. The van der Waals surface area contributed by atoms with Crippen LogP contribution in [0.2, 0.25) is 0 Å². The van der Waals surface area contributed by atoms with Crippen molar-refractivity contribution in [2.45, 2.75) is 45.6 Å². The van der Waals surface area contributed by atoms with Crippen molar-refractivity contribution in [1.82, 2.24) is 5.32 Å². The highest BCUT2D eigenvalue weighted by atomic mass is 16.5. The Morgan fingerprint density at radius 2 is 2.18 bits per heavy atom. The van der Waals surface area contributed by atoms with Crippen LogP contribution in [0.4, 0.5) is 0 Å². The molecule has 1 amide bonds. The number of hydrogen-bond donors (Lipinski definition) is 2. The Morgan fingerprint density at radius 1 is 1.53 bits per heavy atom. The molecule has 0 aromatic heterocycles. The van der Waals surface area contributed by atoms with E-state index in [4.69, 9.17) is 10.5 Å².